The third kappa shape index (κ3) is 5.04. The fraction of sp³-hybridized carbons (Fsp3) is 0.667. The number of sulfonamides is 1. The number of nitrogens with one attached hydrogen (secondary N) is 1. The number of carbonyl (C=O) groups is 1. The van der Waals surface area contributed by atoms with Crippen LogP contribution >= 0.6 is 0 Å². The van der Waals surface area contributed by atoms with Gasteiger partial charge in [-0.1, -0.05) is 0 Å². The van der Waals surface area contributed by atoms with Gasteiger partial charge in [0.05, 0.1) is 19.0 Å². The number of aromatic nitrogens is 1. The number of ether oxygens (including phenoxy) is 1. The molecular formula is C18H28N4O4S. The first-order valence-electron chi connectivity index (χ1n) is 9.30. The Balaban J connectivity index is 1.51. The minimum Gasteiger partial charge on any atom is -0.379 e. The van der Waals surface area contributed by atoms with Crippen LogP contribution in [0.5, 0.6) is 0 Å². The van der Waals surface area contributed by atoms with Crippen molar-refractivity contribution < 1.29 is 17.9 Å². The molecule has 9 heteroatoms. The first-order chi connectivity index (χ1) is 12.9. The summed E-state index contributed by atoms with van der Waals surface area (Å²) in [6.07, 6.45) is 4.95. The molecular weight excluding hydrogens is 368 g/mol. The standard InChI is InChI=1S/C18H28N4O4S/c1-21(2)27(24,25)13-15-11-26-12-17(15)20-16-5-9-22(10-6-16)18(23)14-3-7-19-8-4-14/h3-4,7-8,15-17,20H,5-6,9-13H2,1-2H3/t15-,17-/m0/s1. The Morgan fingerprint density at radius 2 is 1.93 bits per heavy atom. The lowest BCUT2D eigenvalue weighted by molar-refractivity contribution is 0.0699. The molecule has 2 aliphatic heterocycles. The first kappa shape index (κ1) is 20.2. The molecule has 3 rings (SSSR count). The highest BCUT2D eigenvalue weighted by atomic mass is 32.2. The molecule has 0 saturated carbocycles. The molecule has 1 N–H and O–H groups in total. The Kier molecular flexibility index (Phi) is 6.46. The predicted molar refractivity (Wildman–Crippen MR) is 102 cm³/mol. The van der Waals surface area contributed by atoms with Gasteiger partial charge < -0.3 is 15.0 Å². The van der Waals surface area contributed by atoms with Crippen molar-refractivity contribution in [2.45, 2.75) is 24.9 Å². The summed E-state index contributed by atoms with van der Waals surface area (Å²) in [7, 11) is -0.133. The molecule has 2 aliphatic rings. The van der Waals surface area contributed by atoms with Gasteiger partial charge in [0.2, 0.25) is 10.0 Å². The lowest BCUT2D eigenvalue weighted by Crippen LogP contribution is -2.50. The van der Waals surface area contributed by atoms with Gasteiger partial charge in [0.25, 0.3) is 5.91 Å². The van der Waals surface area contributed by atoms with Crippen molar-refractivity contribution in [3.63, 3.8) is 0 Å². The number of pyridine rings is 1. The molecule has 0 radical (unpaired) electrons. The summed E-state index contributed by atoms with van der Waals surface area (Å²) in [5.41, 5.74) is 0.662. The van der Waals surface area contributed by atoms with Crippen molar-refractivity contribution in [2.75, 3.05) is 46.2 Å². The highest BCUT2D eigenvalue weighted by molar-refractivity contribution is 7.89. The summed E-state index contributed by atoms with van der Waals surface area (Å²) in [5, 5.41) is 3.57. The molecule has 0 aliphatic carbocycles. The van der Waals surface area contributed by atoms with Gasteiger partial charge in [0, 0.05) is 63.1 Å². The van der Waals surface area contributed by atoms with Crippen molar-refractivity contribution in [3.8, 4) is 0 Å². The van der Waals surface area contributed by atoms with E-state index in [4.69, 9.17) is 4.74 Å². The zero-order valence-electron chi connectivity index (χ0n) is 15.9. The van der Waals surface area contributed by atoms with Gasteiger partial charge in [-0.3, -0.25) is 9.78 Å². The molecule has 1 aromatic rings. The zero-order chi connectivity index (χ0) is 19.4. The highest BCUT2D eigenvalue weighted by Gasteiger charge is 2.35. The number of rotatable bonds is 6. The van der Waals surface area contributed by atoms with Gasteiger partial charge in [-0.15, -0.1) is 0 Å². The van der Waals surface area contributed by atoms with Crippen molar-refractivity contribution in [2.24, 2.45) is 5.92 Å². The summed E-state index contributed by atoms with van der Waals surface area (Å²) in [6.45, 7) is 2.37. The van der Waals surface area contributed by atoms with Crippen molar-refractivity contribution in [3.05, 3.63) is 30.1 Å². The Hall–Kier alpha value is -1.55. The molecule has 27 heavy (non-hydrogen) atoms. The Bertz CT molecular complexity index is 733. The molecule has 8 nitrogen and oxygen atoms in total. The van der Waals surface area contributed by atoms with Crippen LogP contribution < -0.4 is 5.32 Å². The average Bonchev–Trinajstić information content (AvgIpc) is 3.08. The number of nitrogens with zero attached hydrogens (tertiary/aromatic N) is 3. The monoisotopic (exact) mass is 396 g/mol. The number of hydrogen-bond donors (Lipinski definition) is 1. The van der Waals surface area contributed by atoms with Gasteiger partial charge in [0.15, 0.2) is 0 Å². The first-order valence-corrected chi connectivity index (χ1v) is 10.9. The highest BCUT2D eigenvalue weighted by Crippen LogP contribution is 2.21. The molecule has 0 aromatic carbocycles. The van der Waals surface area contributed by atoms with E-state index in [1.165, 1.54) is 4.31 Å². The van der Waals surface area contributed by atoms with Crippen LogP contribution in [-0.4, -0.2) is 86.7 Å². The van der Waals surface area contributed by atoms with Crippen molar-refractivity contribution in [1.82, 2.24) is 19.5 Å². The largest absolute Gasteiger partial charge is 0.379 e. The number of likely N-dealkylation sites (tertiary alicyclic amines) is 1. The van der Waals surface area contributed by atoms with Crippen LogP contribution in [-0.2, 0) is 14.8 Å². The van der Waals surface area contributed by atoms with Crippen LogP contribution in [0.15, 0.2) is 24.5 Å². The van der Waals surface area contributed by atoms with Gasteiger partial charge in [-0.05, 0) is 25.0 Å². The smallest absolute Gasteiger partial charge is 0.253 e. The molecule has 2 saturated heterocycles. The molecule has 0 spiro atoms. The molecule has 0 unspecified atom stereocenters. The van der Waals surface area contributed by atoms with E-state index in [-0.39, 0.29) is 29.7 Å². The van der Waals surface area contributed by atoms with Crippen LogP contribution in [0.2, 0.25) is 0 Å². The van der Waals surface area contributed by atoms with Gasteiger partial charge >= 0.3 is 0 Å². The molecule has 1 aromatic heterocycles. The molecule has 2 atom stereocenters. The molecule has 0 bridgehead atoms. The van der Waals surface area contributed by atoms with Gasteiger partial charge in [0.1, 0.15) is 0 Å². The Morgan fingerprint density at radius 3 is 2.56 bits per heavy atom. The molecule has 150 valence electrons. The lowest BCUT2D eigenvalue weighted by atomic mass is 9.99. The maximum atomic E-state index is 12.5. The summed E-state index contributed by atoms with van der Waals surface area (Å²) in [5.74, 6) is 0.0840. The maximum absolute atomic E-state index is 12.5. The topological polar surface area (TPSA) is 91.8 Å². The van der Waals surface area contributed by atoms with E-state index in [2.05, 4.69) is 10.3 Å². The summed E-state index contributed by atoms with van der Waals surface area (Å²) < 4.78 is 31.1. The molecule has 1 amide bonds. The fourth-order valence-electron chi connectivity index (χ4n) is 3.60. The van der Waals surface area contributed by atoms with Crippen LogP contribution in [0.4, 0.5) is 0 Å². The summed E-state index contributed by atoms with van der Waals surface area (Å²) >= 11 is 0. The predicted octanol–water partition coefficient (Wildman–Crippen LogP) is 0.182. The maximum Gasteiger partial charge on any atom is 0.253 e. The van der Waals surface area contributed by atoms with E-state index in [9.17, 15) is 13.2 Å². The van der Waals surface area contributed by atoms with Crippen LogP contribution in [0.1, 0.15) is 23.2 Å². The number of piperidine rings is 1. The SMILES string of the molecule is CN(C)S(=O)(=O)C[C@@H]1COC[C@@H]1NC1CCN(C(=O)c2ccncc2)CC1. The minimum atomic E-state index is -3.25. The van der Waals surface area contributed by atoms with E-state index in [0.717, 1.165) is 12.8 Å². The quantitative estimate of drug-likeness (QED) is 0.738. The zero-order valence-corrected chi connectivity index (χ0v) is 16.7. The number of hydrogen-bond acceptors (Lipinski definition) is 6. The third-order valence-corrected chi connectivity index (χ3v) is 7.30. The Labute approximate surface area is 160 Å². The number of amides is 1. The average molecular weight is 397 g/mol. The van der Waals surface area contributed by atoms with E-state index in [1.807, 2.05) is 4.90 Å². The second-order valence-corrected chi connectivity index (χ2v) is 9.66. The minimum absolute atomic E-state index is 0.0344. The number of carbonyl (C=O) groups excluding carboxylic acids is 1. The second-order valence-electron chi connectivity index (χ2n) is 7.43. The van der Waals surface area contributed by atoms with Crippen LogP contribution in [0, 0.1) is 5.92 Å². The second kappa shape index (κ2) is 8.64. The van der Waals surface area contributed by atoms with Crippen molar-refractivity contribution >= 4 is 15.9 Å². The normalized spacial score (nSPS) is 24.5. The van der Waals surface area contributed by atoms with Crippen molar-refractivity contribution in [1.29, 1.82) is 0 Å². The van der Waals surface area contributed by atoms with E-state index in [1.54, 1.807) is 38.6 Å². The molecule has 3 heterocycles. The van der Waals surface area contributed by atoms with E-state index < -0.39 is 10.0 Å². The molecule has 2 fully saturated rings. The fourth-order valence-corrected chi connectivity index (χ4v) is 4.76. The van der Waals surface area contributed by atoms with E-state index in [0.29, 0.717) is 31.9 Å². The van der Waals surface area contributed by atoms with Crippen LogP contribution in [0.3, 0.4) is 0 Å². The third-order valence-electron chi connectivity index (χ3n) is 5.34. The summed E-state index contributed by atoms with van der Waals surface area (Å²) in [4.78, 5) is 18.3. The van der Waals surface area contributed by atoms with E-state index >= 15 is 0 Å². The van der Waals surface area contributed by atoms with Gasteiger partial charge in [-0.25, -0.2) is 12.7 Å². The lowest BCUT2D eigenvalue weighted by Gasteiger charge is -2.34. The van der Waals surface area contributed by atoms with Gasteiger partial charge in [-0.2, -0.15) is 0 Å². The Morgan fingerprint density at radius 1 is 1.26 bits per heavy atom. The van der Waals surface area contributed by atoms with Crippen LogP contribution in [0.25, 0.3) is 0 Å². The summed E-state index contributed by atoms with van der Waals surface area (Å²) in [6, 6.07) is 3.77.